The van der Waals surface area contributed by atoms with Crippen LogP contribution in [0.3, 0.4) is 0 Å². The minimum atomic E-state index is -0.0229. The first-order valence-corrected chi connectivity index (χ1v) is 8.35. The number of nitrogens with one attached hydrogen (secondary N) is 1. The monoisotopic (exact) mass is 320 g/mol. The lowest BCUT2D eigenvalue weighted by atomic mass is 9.77. The lowest BCUT2D eigenvalue weighted by Crippen LogP contribution is -2.47. The van der Waals surface area contributed by atoms with Crippen molar-refractivity contribution in [3.05, 3.63) is 29.8 Å². The Kier molecular flexibility index (Phi) is 6.28. The largest absolute Gasteiger partial charge is 0.496 e. The van der Waals surface area contributed by atoms with Gasteiger partial charge in [-0.15, -0.1) is 0 Å². The smallest absolute Gasteiger partial charge is 0.317 e. The number of ether oxygens (including phenoxy) is 2. The molecule has 1 heterocycles. The van der Waals surface area contributed by atoms with Crippen LogP contribution in [0.4, 0.5) is 4.79 Å². The predicted octanol–water partition coefficient (Wildman–Crippen LogP) is 2.79. The molecule has 1 atom stereocenters. The van der Waals surface area contributed by atoms with E-state index in [0.29, 0.717) is 32.8 Å². The Balaban J connectivity index is 1.94. The average Bonchev–Trinajstić information content (AvgIpc) is 2.62. The fourth-order valence-corrected chi connectivity index (χ4v) is 2.97. The molecule has 1 aliphatic rings. The molecule has 0 aromatic heterocycles. The molecule has 2 amide bonds. The molecule has 1 unspecified atom stereocenters. The molecule has 0 saturated carbocycles. The standard InChI is InChI=1S/C18H28N2O3/c1-4-18(2,15-7-5-6-8-16(15)22-3)9-10-19-17(21)20-11-13-23-14-12-20/h5-8H,4,9-14H2,1-3H3,(H,19,21). The highest BCUT2D eigenvalue weighted by Gasteiger charge is 2.28. The molecule has 2 rings (SSSR count). The van der Waals surface area contributed by atoms with Gasteiger partial charge in [-0.05, 0) is 24.3 Å². The van der Waals surface area contributed by atoms with E-state index < -0.39 is 0 Å². The van der Waals surface area contributed by atoms with Crippen LogP contribution in [0.1, 0.15) is 32.3 Å². The van der Waals surface area contributed by atoms with Crippen molar-refractivity contribution in [3.8, 4) is 5.75 Å². The highest BCUT2D eigenvalue weighted by molar-refractivity contribution is 5.74. The summed E-state index contributed by atoms with van der Waals surface area (Å²) in [5.41, 5.74) is 1.18. The molecule has 1 fully saturated rings. The summed E-state index contributed by atoms with van der Waals surface area (Å²) in [6, 6.07) is 8.14. The summed E-state index contributed by atoms with van der Waals surface area (Å²) in [6.45, 7) is 7.65. The van der Waals surface area contributed by atoms with Crippen molar-refractivity contribution in [2.24, 2.45) is 0 Å². The summed E-state index contributed by atoms with van der Waals surface area (Å²) in [5, 5.41) is 3.04. The Bertz CT molecular complexity index is 515. The molecule has 0 aliphatic carbocycles. The SMILES string of the molecule is CCC(C)(CCNC(=O)N1CCOCC1)c1ccccc1OC. The third kappa shape index (κ3) is 4.38. The van der Waals surface area contributed by atoms with E-state index in [4.69, 9.17) is 9.47 Å². The number of carbonyl (C=O) groups is 1. The molecule has 0 spiro atoms. The van der Waals surface area contributed by atoms with Gasteiger partial charge in [0.1, 0.15) is 5.75 Å². The zero-order chi connectivity index (χ0) is 16.7. The van der Waals surface area contributed by atoms with Crippen LogP contribution >= 0.6 is 0 Å². The quantitative estimate of drug-likeness (QED) is 0.877. The molecule has 1 N–H and O–H groups in total. The second-order valence-corrected chi connectivity index (χ2v) is 6.20. The zero-order valence-electron chi connectivity index (χ0n) is 14.4. The molecule has 0 bridgehead atoms. The van der Waals surface area contributed by atoms with Gasteiger partial charge < -0.3 is 19.7 Å². The zero-order valence-corrected chi connectivity index (χ0v) is 14.4. The Morgan fingerprint density at radius 2 is 2.04 bits per heavy atom. The van der Waals surface area contributed by atoms with E-state index in [1.165, 1.54) is 5.56 Å². The minimum Gasteiger partial charge on any atom is -0.496 e. The minimum absolute atomic E-state index is 0.00628. The summed E-state index contributed by atoms with van der Waals surface area (Å²) < 4.78 is 10.8. The maximum absolute atomic E-state index is 12.2. The number of morpholine rings is 1. The van der Waals surface area contributed by atoms with Gasteiger partial charge in [-0.3, -0.25) is 0 Å². The van der Waals surface area contributed by atoms with Gasteiger partial charge in [0.25, 0.3) is 0 Å². The second kappa shape index (κ2) is 8.20. The molecule has 1 aliphatic heterocycles. The van der Waals surface area contributed by atoms with Crippen LogP contribution in [0.25, 0.3) is 0 Å². The summed E-state index contributed by atoms with van der Waals surface area (Å²) in [5.74, 6) is 0.913. The van der Waals surface area contributed by atoms with E-state index >= 15 is 0 Å². The molecular formula is C18H28N2O3. The van der Waals surface area contributed by atoms with Crippen molar-refractivity contribution in [2.75, 3.05) is 40.0 Å². The Morgan fingerprint density at radius 3 is 2.70 bits per heavy atom. The maximum atomic E-state index is 12.2. The normalized spacial score (nSPS) is 17.4. The summed E-state index contributed by atoms with van der Waals surface area (Å²) >= 11 is 0. The second-order valence-electron chi connectivity index (χ2n) is 6.20. The lowest BCUT2D eigenvalue weighted by Gasteiger charge is -2.31. The first-order chi connectivity index (χ1) is 11.1. The highest BCUT2D eigenvalue weighted by atomic mass is 16.5. The molecule has 5 nitrogen and oxygen atoms in total. The van der Waals surface area contributed by atoms with Crippen molar-refractivity contribution in [1.82, 2.24) is 10.2 Å². The predicted molar refractivity (Wildman–Crippen MR) is 91.0 cm³/mol. The summed E-state index contributed by atoms with van der Waals surface area (Å²) in [7, 11) is 1.70. The van der Waals surface area contributed by atoms with Crippen LogP contribution in [0, 0.1) is 0 Å². The van der Waals surface area contributed by atoms with Crippen molar-refractivity contribution < 1.29 is 14.3 Å². The number of carbonyl (C=O) groups excluding carboxylic acids is 1. The molecule has 23 heavy (non-hydrogen) atoms. The molecule has 1 aromatic carbocycles. The number of methoxy groups -OCH3 is 1. The molecule has 0 radical (unpaired) electrons. The van der Waals surface area contributed by atoms with Crippen molar-refractivity contribution in [3.63, 3.8) is 0 Å². The van der Waals surface area contributed by atoms with Crippen LogP contribution in [0.2, 0.25) is 0 Å². The fraction of sp³-hybridized carbons (Fsp3) is 0.611. The van der Waals surface area contributed by atoms with E-state index in [-0.39, 0.29) is 11.4 Å². The Morgan fingerprint density at radius 1 is 1.35 bits per heavy atom. The molecular weight excluding hydrogens is 292 g/mol. The average molecular weight is 320 g/mol. The van der Waals surface area contributed by atoms with Gasteiger partial charge in [0.2, 0.25) is 0 Å². The van der Waals surface area contributed by atoms with Crippen LogP contribution < -0.4 is 10.1 Å². The van der Waals surface area contributed by atoms with E-state index in [2.05, 4.69) is 25.2 Å². The van der Waals surface area contributed by atoms with Gasteiger partial charge in [0.15, 0.2) is 0 Å². The van der Waals surface area contributed by atoms with Crippen molar-refractivity contribution in [1.29, 1.82) is 0 Å². The van der Waals surface area contributed by atoms with Gasteiger partial charge in [-0.25, -0.2) is 4.79 Å². The number of para-hydroxylation sites is 1. The van der Waals surface area contributed by atoms with Gasteiger partial charge >= 0.3 is 6.03 Å². The van der Waals surface area contributed by atoms with Crippen molar-refractivity contribution in [2.45, 2.75) is 32.1 Å². The van der Waals surface area contributed by atoms with Crippen LogP contribution in [0.15, 0.2) is 24.3 Å². The maximum Gasteiger partial charge on any atom is 0.317 e. The number of hydrogen-bond donors (Lipinski definition) is 1. The molecule has 1 saturated heterocycles. The summed E-state index contributed by atoms with van der Waals surface area (Å²) in [4.78, 5) is 14.0. The lowest BCUT2D eigenvalue weighted by molar-refractivity contribution is 0.0531. The van der Waals surface area contributed by atoms with E-state index in [0.717, 1.165) is 18.6 Å². The third-order valence-corrected chi connectivity index (χ3v) is 4.79. The topological polar surface area (TPSA) is 50.8 Å². The highest BCUT2D eigenvalue weighted by Crippen LogP contribution is 2.36. The number of benzene rings is 1. The van der Waals surface area contributed by atoms with Gasteiger partial charge in [-0.2, -0.15) is 0 Å². The Labute approximate surface area is 139 Å². The van der Waals surface area contributed by atoms with Crippen LogP contribution in [-0.2, 0) is 10.2 Å². The van der Waals surface area contributed by atoms with Crippen LogP contribution in [-0.4, -0.2) is 50.9 Å². The molecule has 5 heteroatoms. The van der Waals surface area contributed by atoms with Gasteiger partial charge in [0, 0.05) is 25.2 Å². The van der Waals surface area contributed by atoms with E-state index in [1.54, 1.807) is 7.11 Å². The van der Waals surface area contributed by atoms with Gasteiger partial charge in [-0.1, -0.05) is 32.0 Å². The van der Waals surface area contributed by atoms with E-state index in [9.17, 15) is 4.79 Å². The van der Waals surface area contributed by atoms with Gasteiger partial charge in [0.05, 0.1) is 20.3 Å². The molecule has 128 valence electrons. The van der Waals surface area contributed by atoms with Crippen molar-refractivity contribution >= 4 is 6.03 Å². The van der Waals surface area contributed by atoms with E-state index in [1.807, 2.05) is 23.1 Å². The first-order valence-electron chi connectivity index (χ1n) is 8.35. The Hall–Kier alpha value is -1.75. The third-order valence-electron chi connectivity index (χ3n) is 4.79. The number of nitrogens with zero attached hydrogens (tertiary/aromatic N) is 1. The molecule has 1 aromatic rings. The number of hydrogen-bond acceptors (Lipinski definition) is 3. The summed E-state index contributed by atoms with van der Waals surface area (Å²) in [6.07, 6.45) is 1.86. The number of urea groups is 1. The number of amides is 2. The van der Waals surface area contributed by atoms with Crippen LogP contribution in [0.5, 0.6) is 5.75 Å². The fourth-order valence-electron chi connectivity index (χ4n) is 2.97. The first kappa shape index (κ1) is 17.6. The number of rotatable bonds is 6.